The molecule has 150 valence electrons. The van der Waals surface area contributed by atoms with Gasteiger partial charge >= 0.3 is 7.32 Å². The van der Waals surface area contributed by atoms with Crippen molar-refractivity contribution >= 4 is 24.6 Å². The van der Waals surface area contributed by atoms with E-state index in [2.05, 4.69) is 17.1 Å². The molecular formula is C19H25BFN3O4. The summed E-state index contributed by atoms with van der Waals surface area (Å²) in [6.45, 7) is 2.07. The van der Waals surface area contributed by atoms with Gasteiger partial charge in [-0.25, -0.2) is 4.39 Å². The van der Waals surface area contributed by atoms with Gasteiger partial charge in [0, 0.05) is 23.9 Å². The van der Waals surface area contributed by atoms with E-state index >= 15 is 0 Å². The monoisotopic (exact) mass is 389 g/mol. The predicted octanol–water partition coefficient (Wildman–Crippen LogP) is 1.73. The Morgan fingerprint density at radius 3 is 2.18 bits per heavy atom. The molecule has 0 aliphatic carbocycles. The van der Waals surface area contributed by atoms with Gasteiger partial charge in [-0.1, -0.05) is 24.3 Å². The molecule has 0 radical (unpaired) electrons. The number of benzene rings is 2. The molecule has 9 heteroatoms. The maximum atomic E-state index is 13.6. The summed E-state index contributed by atoms with van der Waals surface area (Å²) in [5.74, 6) is -1.04. The molecule has 0 saturated heterocycles. The van der Waals surface area contributed by atoms with Crippen molar-refractivity contribution in [2.24, 2.45) is 0 Å². The highest BCUT2D eigenvalue weighted by atomic mass is 19.1. The second-order valence-electron chi connectivity index (χ2n) is 6.35. The van der Waals surface area contributed by atoms with Crippen molar-refractivity contribution in [3.63, 3.8) is 0 Å². The second kappa shape index (κ2) is 11.3. The van der Waals surface area contributed by atoms with Crippen LogP contribution in [0.25, 0.3) is 0 Å². The minimum Gasteiger partial charge on any atom is -0.402 e. The number of hydrogen-bond acceptors (Lipinski definition) is 6. The summed E-state index contributed by atoms with van der Waals surface area (Å²) in [4.78, 5) is 14.1. The number of halogens is 1. The molecule has 7 nitrogen and oxygen atoms in total. The Labute approximate surface area is 164 Å². The summed E-state index contributed by atoms with van der Waals surface area (Å²) in [6, 6.07) is 13.2. The molecule has 0 aromatic heterocycles. The van der Waals surface area contributed by atoms with Crippen LogP contribution in [-0.4, -0.2) is 59.0 Å². The Morgan fingerprint density at radius 1 is 1.14 bits per heavy atom. The van der Waals surface area contributed by atoms with Gasteiger partial charge in [-0.15, -0.1) is 0 Å². The standard InChI is InChI=1S/C19H22FN3O.BH3O3/c1-13(23(2)3)12-18(21)14-8-10-15(11-9-14)22-19(24)16-6-4-5-7-17(16)20;2-1(3)4/h4-11,13,21H,12H2,1-3H3,(H,22,24);2-4H. The fourth-order valence-corrected chi connectivity index (χ4v) is 2.19. The van der Waals surface area contributed by atoms with Crippen molar-refractivity contribution in [3.8, 4) is 0 Å². The van der Waals surface area contributed by atoms with Crippen molar-refractivity contribution in [3.05, 3.63) is 65.5 Å². The van der Waals surface area contributed by atoms with Crippen molar-refractivity contribution < 1.29 is 24.3 Å². The summed E-state index contributed by atoms with van der Waals surface area (Å²) in [5.41, 5.74) is 1.94. The van der Waals surface area contributed by atoms with Crippen molar-refractivity contribution in [2.75, 3.05) is 19.4 Å². The molecule has 1 atom stereocenters. The van der Waals surface area contributed by atoms with E-state index in [9.17, 15) is 9.18 Å². The van der Waals surface area contributed by atoms with Gasteiger partial charge in [0.1, 0.15) is 5.82 Å². The van der Waals surface area contributed by atoms with Crippen LogP contribution in [0.5, 0.6) is 0 Å². The van der Waals surface area contributed by atoms with Crippen LogP contribution >= 0.6 is 0 Å². The van der Waals surface area contributed by atoms with Gasteiger partial charge in [0.15, 0.2) is 0 Å². The number of anilines is 1. The predicted molar refractivity (Wildman–Crippen MR) is 108 cm³/mol. The maximum absolute atomic E-state index is 13.6. The number of rotatable bonds is 6. The largest absolute Gasteiger partial charge is 0.631 e. The molecule has 1 unspecified atom stereocenters. The average Bonchev–Trinajstić information content (AvgIpc) is 2.62. The van der Waals surface area contributed by atoms with Crippen molar-refractivity contribution in [1.82, 2.24) is 4.90 Å². The molecule has 2 aromatic rings. The van der Waals surface area contributed by atoms with E-state index in [1.165, 1.54) is 12.1 Å². The van der Waals surface area contributed by atoms with Crippen LogP contribution in [-0.2, 0) is 0 Å². The number of nitrogens with one attached hydrogen (secondary N) is 2. The lowest BCUT2D eigenvalue weighted by molar-refractivity contribution is 0.102. The van der Waals surface area contributed by atoms with E-state index in [1.54, 1.807) is 36.4 Å². The second-order valence-corrected chi connectivity index (χ2v) is 6.35. The van der Waals surface area contributed by atoms with Gasteiger partial charge in [0.2, 0.25) is 0 Å². The fourth-order valence-electron chi connectivity index (χ4n) is 2.19. The molecule has 0 aliphatic heterocycles. The highest BCUT2D eigenvalue weighted by Crippen LogP contribution is 2.15. The Bertz CT molecular complexity index is 782. The smallest absolute Gasteiger partial charge is 0.402 e. The molecule has 0 saturated carbocycles. The highest BCUT2D eigenvalue weighted by molar-refractivity contribution is 6.30. The number of carbonyl (C=O) groups is 1. The summed E-state index contributed by atoms with van der Waals surface area (Å²) >= 11 is 0. The Morgan fingerprint density at radius 2 is 1.68 bits per heavy atom. The zero-order valence-electron chi connectivity index (χ0n) is 16.1. The molecule has 0 fully saturated rings. The summed E-state index contributed by atoms with van der Waals surface area (Å²) < 4.78 is 13.6. The van der Waals surface area contributed by atoms with E-state index in [0.717, 1.165) is 5.56 Å². The first-order valence-electron chi connectivity index (χ1n) is 8.56. The van der Waals surface area contributed by atoms with Crippen LogP contribution in [0.3, 0.4) is 0 Å². The molecule has 0 spiro atoms. The SMILES string of the molecule is CC(CC(=N)c1ccc(NC(=O)c2ccccc2F)cc1)N(C)C.OB(O)O. The van der Waals surface area contributed by atoms with Gasteiger partial charge in [-0.3, -0.25) is 4.79 Å². The van der Waals surface area contributed by atoms with Crippen LogP contribution in [0, 0.1) is 11.2 Å². The maximum Gasteiger partial charge on any atom is 0.631 e. The number of carbonyl (C=O) groups excluding carboxylic acids is 1. The molecule has 2 rings (SSSR count). The topological polar surface area (TPSA) is 117 Å². The third-order valence-electron chi connectivity index (χ3n) is 3.99. The minimum atomic E-state index is -2.17. The number of amides is 1. The molecule has 0 bridgehead atoms. The normalized spacial score (nSPS) is 11.3. The lowest BCUT2D eigenvalue weighted by atomic mass is 10.0. The van der Waals surface area contributed by atoms with Crippen LogP contribution < -0.4 is 5.32 Å². The zero-order chi connectivity index (χ0) is 21.3. The van der Waals surface area contributed by atoms with E-state index in [4.69, 9.17) is 20.5 Å². The van der Waals surface area contributed by atoms with Crippen LogP contribution in [0.15, 0.2) is 48.5 Å². The molecule has 0 heterocycles. The fraction of sp³-hybridized carbons (Fsp3) is 0.263. The van der Waals surface area contributed by atoms with Gasteiger partial charge in [-0.05, 0) is 50.8 Å². The van der Waals surface area contributed by atoms with E-state index in [1.807, 2.05) is 14.1 Å². The van der Waals surface area contributed by atoms with Crippen molar-refractivity contribution in [2.45, 2.75) is 19.4 Å². The van der Waals surface area contributed by atoms with E-state index < -0.39 is 19.0 Å². The van der Waals surface area contributed by atoms with Crippen molar-refractivity contribution in [1.29, 1.82) is 5.41 Å². The highest BCUT2D eigenvalue weighted by Gasteiger charge is 2.12. The first-order chi connectivity index (χ1) is 13.1. The Kier molecular flexibility index (Phi) is 9.47. The first-order valence-corrected chi connectivity index (χ1v) is 8.56. The third-order valence-corrected chi connectivity index (χ3v) is 3.99. The zero-order valence-corrected chi connectivity index (χ0v) is 16.1. The lowest BCUT2D eigenvalue weighted by Gasteiger charge is -2.20. The van der Waals surface area contributed by atoms with Gasteiger partial charge < -0.3 is 30.7 Å². The molecule has 28 heavy (non-hydrogen) atoms. The van der Waals surface area contributed by atoms with E-state index in [-0.39, 0.29) is 11.6 Å². The van der Waals surface area contributed by atoms with E-state index in [0.29, 0.717) is 17.8 Å². The summed E-state index contributed by atoms with van der Waals surface area (Å²) in [7, 11) is 1.80. The lowest BCUT2D eigenvalue weighted by Crippen LogP contribution is -2.27. The van der Waals surface area contributed by atoms with Crippen LogP contribution in [0.4, 0.5) is 10.1 Å². The summed E-state index contributed by atoms with van der Waals surface area (Å²) in [6.07, 6.45) is 0.647. The van der Waals surface area contributed by atoms with Gasteiger partial charge in [-0.2, -0.15) is 0 Å². The summed E-state index contributed by atoms with van der Waals surface area (Å²) in [5, 5.41) is 32.3. The molecule has 5 N–H and O–H groups in total. The molecule has 0 aliphatic rings. The number of nitrogens with zero attached hydrogens (tertiary/aromatic N) is 1. The van der Waals surface area contributed by atoms with Gasteiger partial charge in [0.25, 0.3) is 5.91 Å². The Hall–Kier alpha value is -2.59. The Balaban J connectivity index is 0.000000892. The molecule has 2 aromatic carbocycles. The third kappa shape index (κ3) is 7.97. The average molecular weight is 389 g/mol. The molecule has 1 amide bonds. The molecular weight excluding hydrogens is 364 g/mol. The number of hydrogen-bond donors (Lipinski definition) is 5. The van der Waals surface area contributed by atoms with Crippen LogP contribution in [0.2, 0.25) is 0 Å². The van der Waals surface area contributed by atoms with Gasteiger partial charge in [0.05, 0.1) is 5.56 Å². The van der Waals surface area contributed by atoms with Crippen LogP contribution in [0.1, 0.15) is 29.3 Å². The quantitative estimate of drug-likeness (QED) is 0.381. The minimum absolute atomic E-state index is 0.00845. The first kappa shape index (κ1) is 23.5.